The average Bonchev–Trinajstić information content (AvgIpc) is 2.84. The van der Waals surface area contributed by atoms with Gasteiger partial charge in [0.15, 0.2) is 0 Å². The van der Waals surface area contributed by atoms with Crippen molar-refractivity contribution in [3.8, 4) is 0 Å². The molecule has 1 aromatic rings. The molecular weight excluding hydrogens is 230 g/mol. The summed E-state index contributed by atoms with van der Waals surface area (Å²) in [7, 11) is 0. The standard InChI is InChI=1S/C14H23NOS/c1-11(12-6-5-9-17-12)15-10-14(2)8-4-3-7-13(14)16/h5-6,9,11,13,15-16H,3-4,7-8,10H2,1-2H3. The highest BCUT2D eigenvalue weighted by Gasteiger charge is 2.35. The molecule has 2 rings (SSSR count). The van der Waals surface area contributed by atoms with Gasteiger partial charge in [-0.1, -0.05) is 25.8 Å². The number of hydrogen-bond donors (Lipinski definition) is 2. The normalized spacial score (nSPS) is 31.4. The SMILES string of the molecule is CC(NCC1(C)CCCCC1O)c1cccs1. The van der Waals surface area contributed by atoms with Crippen molar-refractivity contribution in [3.05, 3.63) is 22.4 Å². The van der Waals surface area contributed by atoms with Gasteiger partial charge in [0.25, 0.3) is 0 Å². The summed E-state index contributed by atoms with van der Waals surface area (Å²) in [5, 5.41) is 15.8. The lowest BCUT2D eigenvalue weighted by atomic mass is 9.73. The Morgan fingerprint density at radius 1 is 1.59 bits per heavy atom. The maximum absolute atomic E-state index is 10.1. The second-order valence-corrected chi connectivity index (χ2v) is 6.51. The van der Waals surface area contributed by atoms with E-state index in [1.807, 2.05) is 0 Å². The van der Waals surface area contributed by atoms with E-state index in [0.717, 1.165) is 19.4 Å². The number of rotatable bonds is 4. The average molecular weight is 253 g/mol. The van der Waals surface area contributed by atoms with E-state index in [1.165, 1.54) is 17.7 Å². The molecule has 0 radical (unpaired) electrons. The molecule has 0 amide bonds. The van der Waals surface area contributed by atoms with E-state index in [-0.39, 0.29) is 11.5 Å². The van der Waals surface area contributed by atoms with Crippen LogP contribution in [0.1, 0.15) is 50.4 Å². The van der Waals surface area contributed by atoms with Crippen LogP contribution in [0.15, 0.2) is 17.5 Å². The minimum absolute atomic E-state index is 0.0593. The third kappa shape index (κ3) is 3.09. The molecule has 1 fully saturated rings. The summed E-state index contributed by atoms with van der Waals surface area (Å²) >= 11 is 1.79. The van der Waals surface area contributed by atoms with E-state index in [0.29, 0.717) is 6.04 Å². The Labute approximate surface area is 108 Å². The van der Waals surface area contributed by atoms with E-state index >= 15 is 0 Å². The van der Waals surface area contributed by atoms with Crippen molar-refractivity contribution in [2.45, 2.75) is 51.7 Å². The second kappa shape index (κ2) is 5.51. The van der Waals surface area contributed by atoms with Gasteiger partial charge in [-0.2, -0.15) is 0 Å². The van der Waals surface area contributed by atoms with Gasteiger partial charge in [-0.05, 0) is 31.2 Å². The first-order valence-corrected chi connectivity index (χ1v) is 7.45. The van der Waals surface area contributed by atoms with Gasteiger partial charge in [-0.15, -0.1) is 11.3 Å². The molecule has 0 saturated heterocycles. The van der Waals surface area contributed by atoms with Gasteiger partial charge in [-0.25, -0.2) is 0 Å². The van der Waals surface area contributed by atoms with Crippen LogP contribution < -0.4 is 5.32 Å². The Kier molecular flexibility index (Phi) is 4.23. The number of hydrogen-bond acceptors (Lipinski definition) is 3. The fourth-order valence-corrected chi connectivity index (χ4v) is 3.37. The number of aliphatic hydroxyl groups is 1. The quantitative estimate of drug-likeness (QED) is 0.862. The molecule has 0 spiro atoms. The van der Waals surface area contributed by atoms with Crippen LogP contribution in [0, 0.1) is 5.41 Å². The molecule has 3 atom stereocenters. The van der Waals surface area contributed by atoms with Crippen molar-refractivity contribution in [3.63, 3.8) is 0 Å². The minimum Gasteiger partial charge on any atom is -0.393 e. The summed E-state index contributed by atoms with van der Waals surface area (Å²) in [6.07, 6.45) is 4.39. The van der Waals surface area contributed by atoms with Gasteiger partial charge in [0.1, 0.15) is 0 Å². The van der Waals surface area contributed by atoms with Gasteiger partial charge >= 0.3 is 0 Å². The molecule has 2 N–H and O–H groups in total. The fourth-order valence-electron chi connectivity index (χ4n) is 2.61. The molecule has 96 valence electrons. The molecule has 0 aliphatic heterocycles. The molecule has 1 aromatic heterocycles. The highest BCUT2D eigenvalue weighted by atomic mass is 32.1. The van der Waals surface area contributed by atoms with E-state index in [2.05, 4.69) is 36.7 Å². The third-order valence-electron chi connectivity index (χ3n) is 4.06. The monoisotopic (exact) mass is 253 g/mol. The van der Waals surface area contributed by atoms with Crippen LogP contribution in [-0.4, -0.2) is 17.8 Å². The van der Waals surface area contributed by atoms with Crippen molar-refractivity contribution in [1.29, 1.82) is 0 Å². The lowest BCUT2D eigenvalue weighted by Crippen LogP contribution is -2.44. The predicted molar refractivity (Wildman–Crippen MR) is 73.3 cm³/mol. The van der Waals surface area contributed by atoms with E-state index in [9.17, 15) is 5.11 Å². The Hall–Kier alpha value is -0.380. The van der Waals surface area contributed by atoms with Gasteiger partial charge in [0, 0.05) is 22.9 Å². The molecule has 0 bridgehead atoms. The Morgan fingerprint density at radius 2 is 2.41 bits per heavy atom. The molecule has 1 aliphatic rings. The van der Waals surface area contributed by atoms with Crippen LogP contribution in [0.4, 0.5) is 0 Å². The molecule has 3 unspecified atom stereocenters. The maximum atomic E-state index is 10.1. The van der Waals surface area contributed by atoms with Crippen LogP contribution >= 0.6 is 11.3 Å². The van der Waals surface area contributed by atoms with E-state index in [1.54, 1.807) is 11.3 Å². The molecule has 3 heteroatoms. The Balaban J connectivity index is 1.88. The molecule has 1 aliphatic carbocycles. The van der Waals surface area contributed by atoms with Crippen LogP contribution in [0.3, 0.4) is 0 Å². The highest BCUT2D eigenvalue weighted by molar-refractivity contribution is 7.10. The summed E-state index contributed by atoms with van der Waals surface area (Å²) in [6.45, 7) is 5.32. The number of nitrogens with one attached hydrogen (secondary N) is 1. The van der Waals surface area contributed by atoms with E-state index in [4.69, 9.17) is 0 Å². The van der Waals surface area contributed by atoms with Crippen molar-refractivity contribution in [2.75, 3.05) is 6.54 Å². The number of aliphatic hydroxyl groups excluding tert-OH is 1. The summed E-state index contributed by atoms with van der Waals surface area (Å²) in [4.78, 5) is 1.37. The topological polar surface area (TPSA) is 32.3 Å². The van der Waals surface area contributed by atoms with Crippen molar-refractivity contribution >= 4 is 11.3 Å². The molecule has 17 heavy (non-hydrogen) atoms. The van der Waals surface area contributed by atoms with Gasteiger partial charge in [0.2, 0.25) is 0 Å². The van der Waals surface area contributed by atoms with E-state index < -0.39 is 0 Å². The van der Waals surface area contributed by atoms with Gasteiger partial charge in [-0.3, -0.25) is 0 Å². The van der Waals surface area contributed by atoms with Crippen LogP contribution in [-0.2, 0) is 0 Å². The molecule has 1 saturated carbocycles. The lowest BCUT2D eigenvalue weighted by molar-refractivity contribution is 0.0000431. The number of thiophene rings is 1. The summed E-state index contributed by atoms with van der Waals surface area (Å²) in [5.41, 5.74) is 0.0593. The Morgan fingerprint density at radius 3 is 3.06 bits per heavy atom. The zero-order chi connectivity index (χ0) is 12.3. The van der Waals surface area contributed by atoms with Crippen molar-refractivity contribution in [1.82, 2.24) is 5.32 Å². The first kappa shape index (κ1) is 13.1. The van der Waals surface area contributed by atoms with Crippen LogP contribution in [0.5, 0.6) is 0 Å². The summed E-state index contributed by atoms with van der Waals surface area (Å²) in [5.74, 6) is 0. The lowest BCUT2D eigenvalue weighted by Gasteiger charge is -2.39. The zero-order valence-electron chi connectivity index (χ0n) is 10.8. The largest absolute Gasteiger partial charge is 0.393 e. The smallest absolute Gasteiger partial charge is 0.0605 e. The fraction of sp³-hybridized carbons (Fsp3) is 0.714. The molecule has 2 nitrogen and oxygen atoms in total. The Bertz CT molecular complexity index is 338. The first-order chi connectivity index (χ1) is 8.12. The van der Waals surface area contributed by atoms with Crippen LogP contribution in [0.25, 0.3) is 0 Å². The predicted octanol–water partition coefficient (Wildman–Crippen LogP) is 3.34. The minimum atomic E-state index is -0.140. The maximum Gasteiger partial charge on any atom is 0.0605 e. The summed E-state index contributed by atoms with van der Waals surface area (Å²) in [6, 6.07) is 4.65. The molecule has 0 aromatic carbocycles. The zero-order valence-corrected chi connectivity index (χ0v) is 11.6. The molecule has 1 heterocycles. The highest BCUT2D eigenvalue weighted by Crippen LogP contribution is 2.36. The van der Waals surface area contributed by atoms with Gasteiger partial charge < -0.3 is 10.4 Å². The summed E-state index contributed by atoms with van der Waals surface area (Å²) < 4.78 is 0. The van der Waals surface area contributed by atoms with Gasteiger partial charge in [0.05, 0.1) is 6.10 Å². The first-order valence-electron chi connectivity index (χ1n) is 6.57. The van der Waals surface area contributed by atoms with Crippen molar-refractivity contribution in [2.24, 2.45) is 5.41 Å². The second-order valence-electron chi connectivity index (χ2n) is 5.53. The van der Waals surface area contributed by atoms with Crippen LogP contribution in [0.2, 0.25) is 0 Å². The third-order valence-corrected chi connectivity index (χ3v) is 5.12. The van der Waals surface area contributed by atoms with Crippen molar-refractivity contribution < 1.29 is 5.11 Å². The molecular formula is C14H23NOS.